The van der Waals surface area contributed by atoms with E-state index in [1.807, 2.05) is 34.9 Å². The minimum atomic E-state index is -0.123. The molecule has 5 aromatic rings. The van der Waals surface area contributed by atoms with E-state index in [9.17, 15) is 4.79 Å². The van der Waals surface area contributed by atoms with E-state index >= 15 is 0 Å². The number of amides is 1. The standard InChI is InChI=1S/C22H20N6OS3/c1-12-10-30-21(23-12)25-17(29)11-31-22-27-26-19-18-13(2)14(3)32-20(18)24-16(28(19)22)9-15-7-5-4-6-8-15/h4-8,10H,9,11H2,1-3H3,(H,23,25,29). The van der Waals surface area contributed by atoms with Crippen LogP contribution < -0.4 is 5.32 Å². The van der Waals surface area contributed by atoms with Crippen molar-refractivity contribution in [1.82, 2.24) is 24.6 Å². The highest BCUT2D eigenvalue weighted by Crippen LogP contribution is 2.34. The number of hydrogen-bond donors (Lipinski definition) is 1. The Hall–Kier alpha value is -2.82. The van der Waals surface area contributed by atoms with Gasteiger partial charge in [-0.15, -0.1) is 32.9 Å². The third-order valence-corrected chi connectivity index (χ3v) is 8.02. The van der Waals surface area contributed by atoms with E-state index in [1.54, 1.807) is 11.3 Å². The molecule has 4 aromatic heterocycles. The number of anilines is 1. The van der Waals surface area contributed by atoms with Crippen molar-refractivity contribution in [2.45, 2.75) is 32.3 Å². The summed E-state index contributed by atoms with van der Waals surface area (Å²) in [6.45, 7) is 6.10. The average molecular weight is 481 g/mol. The lowest BCUT2D eigenvalue weighted by atomic mass is 10.1. The maximum Gasteiger partial charge on any atom is 0.236 e. The largest absolute Gasteiger partial charge is 0.301 e. The van der Waals surface area contributed by atoms with E-state index in [0.717, 1.165) is 32.9 Å². The fourth-order valence-electron chi connectivity index (χ4n) is 3.47. The summed E-state index contributed by atoms with van der Waals surface area (Å²) in [5.41, 5.74) is 4.02. The number of aryl methyl sites for hydroxylation is 3. The molecule has 0 unspecified atom stereocenters. The number of benzene rings is 1. The smallest absolute Gasteiger partial charge is 0.236 e. The Labute approximate surface area is 196 Å². The van der Waals surface area contributed by atoms with Crippen molar-refractivity contribution in [3.05, 3.63) is 63.2 Å². The topological polar surface area (TPSA) is 85.1 Å². The van der Waals surface area contributed by atoms with Crippen LogP contribution in [-0.2, 0) is 11.2 Å². The van der Waals surface area contributed by atoms with E-state index in [4.69, 9.17) is 4.98 Å². The van der Waals surface area contributed by atoms with E-state index in [2.05, 4.69) is 46.5 Å². The lowest BCUT2D eigenvalue weighted by molar-refractivity contribution is -0.113. The zero-order valence-corrected chi connectivity index (χ0v) is 20.2. The van der Waals surface area contributed by atoms with E-state index in [-0.39, 0.29) is 11.7 Å². The second-order valence-corrected chi connectivity index (χ2v) is 10.4. The molecule has 0 saturated carbocycles. The zero-order valence-electron chi connectivity index (χ0n) is 17.7. The van der Waals surface area contributed by atoms with Crippen LogP contribution in [0.5, 0.6) is 0 Å². The zero-order chi connectivity index (χ0) is 22.2. The molecule has 0 aliphatic carbocycles. The van der Waals surface area contributed by atoms with Crippen molar-refractivity contribution in [3.63, 3.8) is 0 Å². The lowest BCUT2D eigenvalue weighted by Crippen LogP contribution is -2.14. The summed E-state index contributed by atoms with van der Waals surface area (Å²) in [6, 6.07) is 10.2. The third-order valence-electron chi connectivity index (χ3n) is 5.12. The first-order valence-electron chi connectivity index (χ1n) is 10.0. The monoisotopic (exact) mass is 480 g/mol. The van der Waals surface area contributed by atoms with Gasteiger partial charge in [0.2, 0.25) is 5.91 Å². The van der Waals surface area contributed by atoms with Gasteiger partial charge in [0.05, 0.1) is 16.8 Å². The van der Waals surface area contributed by atoms with E-state index < -0.39 is 0 Å². The van der Waals surface area contributed by atoms with Crippen molar-refractivity contribution in [3.8, 4) is 0 Å². The highest BCUT2D eigenvalue weighted by atomic mass is 32.2. The molecular weight excluding hydrogens is 460 g/mol. The summed E-state index contributed by atoms with van der Waals surface area (Å²) >= 11 is 4.45. The van der Waals surface area contributed by atoms with Crippen molar-refractivity contribution >= 4 is 61.3 Å². The van der Waals surface area contributed by atoms with Crippen LogP contribution in [0, 0.1) is 20.8 Å². The summed E-state index contributed by atoms with van der Waals surface area (Å²) in [5.74, 6) is 0.954. The van der Waals surface area contributed by atoms with Gasteiger partial charge in [-0.05, 0) is 31.9 Å². The molecule has 0 atom stereocenters. The number of thiophene rings is 1. The van der Waals surface area contributed by atoms with Gasteiger partial charge in [-0.2, -0.15) is 0 Å². The van der Waals surface area contributed by atoms with Gasteiger partial charge >= 0.3 is 0 Å². The van der Waals surface area contributed by atoms with Gasteiger partial charge in [0, 0.05) is 16.7 Å². The van der Waals surface area contributed by atoms with Gasteiger partial charge in [0.1, 0.15) is 10.7 Å². The summed E-state index contributed by atoms with van der Waals surface area (Å²) in [5, 5.41) is 16.0. The molecule has 162 valence electrons. The average Bonchev–Trinajstić information content (AvgIpc) is 3.45. The van der Waals surface area contributed by atoms with Crippen LogP contribution in [-0.4, -0.2) is 36.2 Å². The number of nitrogens with one attached hydrogen (secondary N) is 1. The number of rotatable bonds is 6. The number of hydrogen-bond acceptors (Lipinski definition) is 8. The summed E-state index contributed by atoms with van der Waals surface area (Å²) < 4.78 is 2.00. The minimum Gasteiger partial charge on any atom is -0.301 e. The lowest BCUT2D eigenvalue weighted by Gasteiger charge is -2.08. The van der Waals surface area contributed by atoms with Gasteiger partial charge in [-0.25, -0.2) is 9.97 Å². The molecule has 0 aliphatic rings. The Morgan fingerprint density at radius 2 is 1.94 bits per heavy atom. The molecule has 0 saturated heterocycles. The molecule has 32 heavy (non-hydrogen) atoms. The van der Waals surface area contributed by atoms with Crippen LogP contribution >= 0.6 is 34.4 Å². The summed E-state index contributed by atoms with van der Waals surface area (Å²) in [4.78, 5) is 23.9. The predicted molar refractivity (Wildman–Crippen MR) is 131 cm³/mol. The molecule has 0 bridgehead atoms. The van der Waals surface area contributed by atoms with Gasteiger partial charge in [-0.1, -0.05) is 42.1 Å². The molecule has 0 fully saturated rings. The molecule has 1 amide bonds. The molecule has 1 N–H and O–H groups in total. The summed E-state index contributed by atoms with van der Waals surface area (Å²) in [7, 11) is 0. The van der Waals surface area contributed by atoms with Crippen molar-refractivity contribution in [2.24, 2.45) is 0 Å². The molecule has 10 heteroatoms. The molecule has 0 radical (unpaired) electrons. The van der Waals surface area contributed by atoms with Crippen molar-refractivity contribution < 1.29 is 4.79 Å². The highest BCUT2D eigenvalue weighted by molar-refractivity contribution is 7.99. The number of aromatic nitrogens is 5. The maximum atomic E-state index is 12.5. The van der Waals surface area contributed by atoms with Crippen LogP contribution in [0.25, 0.3) is 15.9 Å². The Morgan fingerprint density at radius 3 is 2.69 bits per heavy atom. The number of thiazole rings is 1. The Kier molecular flexibility index (Phi) is 5.66. The SMILES string of the molecule is Cc1csc(NC(=O)CSc2nnc3c4c(C)c(C)sc4nc(Cc4ccccc4)n23)n1. The summed E-state index contributed by atoms with van der Waals surface area (Å²) in [6.07, 6.45) is 0.652. The number of carbonyl (C=O) groups is 1. The number of fused-ring (bicyclic) bond motifs is 3. The molecule has 0 spiro atoms. The minimum absolute atomic E-state index is 0.123. The first kappa shape index (κ1) is 21.0. The Balaban J connectivity index is 1.51. The number of thioether (sulfide) groups is 1. The van der Waals surface area contributed by atoms with Crippen molar-refractivity contribution in [2.75, 3.05) is 11.1 Å². The van der Waals surface area contributed by atoms with Crippen LogP contribution in [0.15, 0.2) is 40.9 Å². The Morgan fingerprint density at radius 1 is 1.12 bits per heavy atom. The molecule has 7 nitrogen and oxygen atoms in total. The van der Waals surface area contributed by atoms with E-state index in [1.165, 1.54) is 33.5 Å². The molecule has 0 aliphatic heterocycles. The van der Waals surface area contributed by atoms with Gasteiger partial charge in [-0.3, -0.25) is 9.20 Å². The first-order valence-corrected chi connectivity index (χ1v) is 12.7. The fraction of sp³-hybridized carbons (Fsp3) is 0.227. The third kappa shape index (κ3) is 4.01. The fourth-order valence-corrected chi connectivity index (χ4v) is 5.97. The van der Waals surface area contributed by atoms with Crippen LogP contribution in [0.2, 0.25) is 0 Å². The second kappa shape index (κ2) is 8.61. The highest BCUT2D eigenvalue weighted by Gasteiger charge is 2.20. The normalized spacial score (nSPS) is 11.5. The van der Waals surface area contributed by atoms with Crippen LogP contribution in [0.4, 0.5) is 5.13 Å². The van der Waals surface area contributed by atoms with Crippen LogP contribution in [0.1, 0.15) is 27.5 Å². The quantitative estimate of drug-likeness (QED) is 0.343. The van der Waals surface area contributed by atoms with Gasteiger partial charge in [0.25, 0.3) is 0 Å². The maximum absolute atomic E-state index is 12.5. The van der Waals surface area contributed by atoms with Gasteiger partial charge in [0.15, 0.2) is 15.9 Å². The van der Waals surface area contributed by atoms with Crippen molar-refractivity contribution in [1.29, 1.82) is 0 Å². The predicted octanol–water partition coefficient (Wildman–Crippen LogP) is 5.04. The molecule has 5 rings (SSSR count). The second-order valence-electron chi connectivity index (χ2n) is 7.43. The first-order chi connectivity index (χ1) is 15.5. The molecular formula is C22H20N6OS3. The molecule has 4 heterocycles. The number of nitrogens with zero attached hydrogens (tertiary/aromatic N) is 5. The van der Waals surface area contributed by atoms with Gasteiger partial charge < -0.3 is 5.32 Å². The number of carbonyl (C=O) groups excluding carboxylic acids is 1. The molecule has 1 aromatic carbocycles. The van der Waals surface area contributed by atoms with E-state index in [0.29, 0.717) is 16.7 Å². The Bertz CT molecular complexity index is 1440. The van der Waals surface area contributed by atoms with Crippen LogP contribution in [0.3, 0.4) is 0 Å².